The second kappa shape index (κ2) is 11.0. The van der Waals surface area contributed by atoms with Gasteiger partial charge in [0, 0.05) is 11.6 Å². The van der Waals surface area contributed by atoms with Gasteiger partial charge in [0.2, 0.25) is 0 Å². The van der Waals surface area contributed by atoms with Gasteiger partial charge in [0.1, 0.15) is 30.5 Å². The summed E-state index contributed by atoms with van der Waals surface area (Å²) >= 11 is 0. The smallest absolute Gasteiger partial charge is 0.313 e. The number of esters is 1. The molecule has 1 unspecified atom stereocenters. The topological polar surface area (TPSA) is 61.8 Å². The van der Waals surface area contributed by atoms with Crippen LogP contribution in [0.1, 0.15) is 40.7 Å². The molecule has 0 aliphatic heterocycles. The van der Waals surface area contributed by atoms with E-state index in [0.717, 1.165) is 0 Å². The Balaban J connectivity index is 2.73. The maximum absolute atomic E-state index is 13.4. The molecule has 2 aromatic rings. The fourth-order valence-corrected chi connectivity index (χ4v) is 3.03. The van der Waals surface area contributed by atoms with Crippen LogP contribution in [0.3, 0.4) is 0 Å². The van der Waals surface area contributed by atoms with Crippen LogP contribution in [0.25, 0.3) is 0 Å². The third kappa shape index (κ3) is 5.35. The van der Waals surface area contributed by atoms with Crippen LogP contribution in [0, 0.1) is 5.82 Å². The molecule has 0 saturated carbocycles. The van der Waals surface area contributed by atoms with E-state index in [-0.39, 0.29) is 30.1 Å². The lowest BCUT2D eigenvalue weighted by Crippen LogP contribution is -2.19. The van der Waals surface area contributed by atoms with Gasteiger partial charge in [0.15, 0.2) is 5.78 Å². The van der Waals surface area contributed by atoms with E-state index in [9.17, 15) is 14.0 Å². The maximum Gasteiger partial charge on any atom is 0.313 e. The Morgan fingerprint density at radius 3 is 2.27 bits per heavy atom. The highest BCUT2D eigenvalue weighted by Crippen LogP contribution is 2.37. The molecular formula is C24H25FO5. The first-order valence-electron chi connectivity index (χ1n) is 9.50. The zero-order valence-electron chi connectivity index (χ0n) is 17.2. The predicted octanol–water partition coefficient (Wildman–Crippen LogP) is 4.85. The van der Waals surface area contributed by atoms with Gasteiger partial charge >= 0.3 is 5.97 Å². The number of carbonyl (C=O) groups excluding carboxylic acids is 2. The van der Waals surface area contributed by atoms with Gasteiger partial charge < -0.3 is 14.2 Å². The van der Waals surface area contributed by atoms with Crippen molar-refractivity contribution in [3.63, 3.8) is 0 Å². The van der Waals surface area contributed by atoms with E-state index >= 15 is 0 Å². The molecule has 0 fully saturated rings. The Bertz CT molecular complexity index is 918. The third-order valence-electron chi connectivity index (χ3n) is 4.43. The van der Waals surface area contributed by atoms with Crippen LogP contribution in [-0.2, 0) is 9.53 Å². The molecule has 0 aliphatic carbocycles. The molecule has 0 heterocycles. The van der Waals surface area contributed by atoms with Gasteiger partial charge in [-0.3, -0.25) is 9.59 Å². The van der Waals surface area contributed by atoms with Gasteiger partial charge in [-0.1, -0.05) is 32.2 Å². The minimum atomic E-state index is -0.715. The summed E-state index contributed by atoms with van der Waals surface area (Å²) in [5, 5.41) is 0. The summed E-state index contributed by atoms with van der Waals surface area (Å²) in [4.78, 5) is 25.8. The average molecular weight is 412 g/mol. The fraction of sp³-hybridized carbons (Fsp3) is 0.250. The van der Waals surface area contributed by atoms with E-state index in [2.05, 4.69) is 13.2 Å². The lowest BCUT2D eigenvalue weighted by molar-refractivity contribution is -0.142. The fourth-order valence-electron chi connectivity index (χ4n) is 3.03. The Hall–Kier alpha value is -3.41. The molecule has 30 heavy (non-hydrogen) atoms. The van der Waals surface area contributed by atoms with Gasteiger partial charge in [0.25, 0.3) is 0 Å². The highest BCUT2D eigenvalue weighted by molar-refractivity contribution is 6.12. The Morgan fingerprint density at radius 1 is 1.07 bits per heavy atom. The van der Waals surface area contributed by atoms with Crippen LogP contribution >= 0.6 is 0 Å². The molecular weight excluding hydrogens is 387 g/mol. The minimum Gasteiger partial charge on any atom is -0.489 e. The molecule has 2 rings (SSSR count). The monoisotopic (exact) mass is 412 g/mol. The highest BCUT2D eigenvalue weighted by atomic mass is 19.1. The quantitative estimate of drug-likeness (QED) is 0.300. The maximum atomic E-state index is 13.4. The van der Waals surface area contributed by atoms with E-state index in [0.29, 0.717) is 17.7 Å². The summed E-state index contributed by atoms with van der Waals surface area (Å²) in [7, 11) is 1.29. The molecule has 0 radical (unpaired) electrons. The number of hydrogen-bond acceptors (Lipinski definition) is 5. The van der Waals surface area contributed by atoms with Crippen molar-refractivity contribution >= 4 is 11.8 Å². The van der Waals surface area contributed by atoms with E-state index in [4.69, 9.17) is 14.2 Å². The van der Waals surface area contributed by atoms with Crippen molar-refractivity contribution in [2.45, 2.75) is 19.3 Å². The second-order valence-corrected chi connectivity index (χ2v) is 6.41. The Labute approximate surface area is 175 Å². The van der Waals surface area contributed by atoms with Crippen molar-refractivity contribution in [3.05, 3.63) is 84.2 Å². The van der Waals surface area contributed by atoms with Crippen LogP contribution in [0.2, 0.25) is 0 Å². The largest absolute Gasteiger partial charge is 0.489 e. The zero-order chi connectivity index (χ0) is 22.1. The molecule has 2 aromatic carbocycles. The van der Waals surface area contributed by atoms with Crippen molar-refractivity contribution in [1.82, 2.24) is 0 Å². The molecule has 5 nitrogen and oxygen atoms in total. The molecule has 0 saturated heterocycles. The number of hydrogen-bond donors (Lipinski definition) is 0. The zero-order valence-corrected chi connectivity index (χ0v) is 17.2. The number of halogens is 1. The van der Waals surface area contributed by atoms with Gasteiger partial charge in [-0.2, -0.15) is 0 Å². The van der Waals surface area contributed by atoms with Gasteiger partial charge in [0.05, 0.1) is 18.6 Å². The lowest BCUT2D eigenvalue weighted by Gasteiger charge is -2.21. The molecule has 0 spiro atoms. The molecule has 0 N–H and O–H groups in total. The van der Waals surface area contributed by atoms with Crippen molar-refractivity contribution in [3.8, 4) is 11.5 Å². The van der Waals surface area contributed by atoms with Crippen molar-refractivity contribution in [2.75, 3.05) is 20.3 Å². The first-order valence-corrected chi connectivity index (χ1v) is 9.50. The van der Waals surface area contributed by atoms with Crippen LogP contribution in [0.15, 0.2) is 61.7 Å². The SMILES string of the molecule is C=CCOc1cc(OCC=C)c(C(=O)c2ccc(F)cc2)c(C(CC)C(=O)OC)c1. The number of benzene rings is 2. The molecule has 6 heteroatoms. The van der Waals surface area contributed by atoms with E-state index < -0.39 is 23.5 Å². The average Bonchev–Trinajstić information content (AvgIpc) is 2.76. The van der Waals surface area contributed by atoms with Crippen molar-refractivity contribution in [1.29, 1.82) is 0 Å². The second-order valence-electron chi connectivity index (χ2n) is 6.41. The summed E-state index contributed by atoms with van der Waals surface area (Å²) in [6, 6.07) is 8.40. The molecule has 0 aromatic heterocycles. The highest BCUT2D eigenvalue weighted by Gasteiger charge is 2.29. The molecule has 0 amide bonds. The first kappa shape index (κ1) is 22.9. The minimum absolute atomic E-state index is 0.142. The summed E-state index contributed by atoms with van der Waals surface area (Å²) in [5.74, 6) is -1.40. The van der Waals surface area contributed by atoms with Crippen LogP contribution < -0.4 is 9.47 Å². The van der Waals surface area contributed by atoms with Gasteiger partial charge in [-0.15, -0.1) is 0 Å². The number of methoxy groups -OCH3 is 1. The van der Waals surface area contributed by atoms with Crippen LogP contribution in [0.4, 0.5) is 4.39 Å². The van der Waals surface area contributed by atoms with Crippen LogP contribution in [0.5, 0.6) is 11.5 Å². The number of ether oxygens (including phenoxy) is 3. The molecule has 1 atom stereocenters. The summed E-state index contributed by atoms with van der Waals surface area (Å²) in [6.07, 6.45) is 3.52. The molecule has 158 valence electrons. The van der Waals surface area contributed by atoms with Crippen LogP contribution in [-0.4, -0.2) is 32.1 Å². The van der Waals surface area contributed by atoms with E-state index in [1.54, 1.807) is 24.3 Å². The normalized spacial score (nSPS) is 11.3. The molecule has 0 aliphatic rings. The van der Waals surface area contributed by atoms with Crippen molar-refractivity contribution < 1.29 is 28.2 Å². The number of ketones is 1. The standard InChI is InChI=1S/C24H25FO5/c1-5-12-29-18-14-20(19(7-3)24(27)28-4)22(21(15-18)30-13-6-2)23(26)16-8-10-17(25)11-9-16/h5-6,8-11,14-15,19H,1-2,7,12-13H2,3-4H3. The Kier molecular flexibility index (Phi) is 8.35. The lowest BCUT2D eigenvalue weighted by atomic mass is 9.87. The summed E-state index contributed by atoms with van der Waals surface area (Å²) in [5.41, 5.74) is 0.881. The molecule has 0 bridgehead atoms. The van der Waals surface area contributed by atoms with E-state index in [1.165, 1.54) is 31.4 Å². The van der Waals surface area contributed by atoms with Gasteiger partial charge in [-0.25, -0.2) is 4.39 Å². The summed E-state index contributed by atoms with van der Waals surface area (Å²) < 4.78 is 29.7. The van der Waals surface area contributed by atoms with Crippen molar-refractivity contribution in [2.24, 2.45) is 0 Å². The third-order valence-corrected chi connectivity index (χ3v) is 4.43. The summed E-state index contributed by atoms with van der Waals surface area (Å²) in [6.45, 7) is 9.46. The van der Waals surface area contributed by atoms with Gasteiger partial charge in [-0.05, 0) is 42.3 Å². The number of carbonyl (C=O) groups is 2. The Morgan fingerprint density at radius 2 is 1.70 bits per heavy atom. The van der Waals surface area contributed by atoms with E-state index in [1.807, 2.05) is 6.92 Å². The number of rotatable bonds is 11. The predicted molar refractivity (Wildman–Crippen MR) is 113 cm³/mol. The first-order chi connectivity index (χ1) is 14.5.